The summed E-state index contributed by atoms with van der Waals surface area (Å²) in [5.41, 5.74) is 23.8. The van der Waals surface area contributed by atoms with E-state index in [2.05, 4.69) is 265 Å². The number of aromatic nitrogens is 5. The van der Waals surface area contributed by atoms with E-state index in [1.807, 2.05) is 0 Å². The van der Waals surface area contributed by atoms with Crippen LogP contribution in [0, 0.1) is 0 Å². The highest BCUT2D eigenvalue weighted by Gasteiger charge is 2.28. The summed E-state index contributed by atoms with van der Waals surface area (Å²) in [6.45, 7) is 6.99. The van der Waals surface area contributed by atoms with Crippen LogP contribution in [0.25, 0.3) is 127 Å². The molecule has 0 atom stereocenters. The van der Waals surface area contributed by atoms with Crippen LogP contribution in [0.1, 0.15) is 26.3 Å². The molecule has 6 heteroatoms. The number of thiazole rings is 1. The van der Waals surface area contributed by atoms with Crippen LogP contribution in [0.2, 0.25) is 0 Å². The monoisotopic (exact) mass is 941 g/mol. The van der Waals surface area contributed by atoms with Crippen molar-refractivity contribution in [2.24, 2.45) is 0 Å². The minimum Gasteiger partial charge on any atom is -0.283 e. The Labute approximate surface area is 421 Å². The van der Waals surface area contributed by atoms with Gasteiger partial charge in [-0.2, -0.15) is 0 Å². The number of imidazole rings is 3. The lowest BCUT2D eigenvalue weighted by Gasteiger charge is -2.26. The quantitative estimate of drug-likeness (QED) is 0.160. The van der Waals surface area contributed by atoms with E-state index in [9.17, 15) is 0 Å². The summed E-state index contributed by atoms with van der Waals surface area (Å²) in [6.07, 6.45) is 0. The molecule has 0 unspecified atom stereocenters. The van der Waals surface area contributed by atoms with Crippen molar-refractivity contribution in [2.75, 3.05) is 0 Å². The first-order valence-electron chi connectivity index (χ1n) is 24.7. The van der Waals surface area contributed by atoms with Gasteiger partial charge in [0.1, 0.15) is 0 Å². The number of benzene rings is 10. The number of fused-ring (bicyclic) bond motifs is 10. The lowest BCUT2D eigenvalue weighted by Crippen LogP contribution is -2.12. The van der Waals surface area contributed by atoms with Crippen molar-refractivity contribution in [2.45, 2.75) is 26.2 Å². The number of para-hydroxylation sites is 6. The molecule has 0 radical (unpaired) electrons. The number of hydrogen-bond donors (Lipinski definition) is 0. The summed E-state index contributed by atoms with van der Waals surface area (Å²) in [5.74, 6) is 0.881. The van der Waals surface area contributed by atoms with E-state index >= 15 is 0 Å². The molecule has 0 N–H and O–H groups in total. The van der Waals surface area contributed by atoms with Crippen molar-refractivity contribution < 1.29 is 0 Å². The maximum Gasteiger partial charge on any atom is 0.220 e. The molecule has 4 aromatic heterocycles. The molecule has 0 amide bonds. The first-order valence-corrected chi connectivity index (χ1v) is 25.5. The first-order chi connectivity index (χ1) is 35.4. The molecule has 0 aliphatic carbocycles. The maximum absolute atomic E-state index is 5.30. The summed E-state index contributed by atoms with van der Waals surface area (Å²) < 4.78 is 8.21. The van der Waals surface area contributed by atoms with E-state index in [0.717, 1.165) is 88.5 Å². The number of rotatable bonds is 7. The van der Waals surface area contributed by atoms with E-state index in [0.29, 0.717) is 0 Å². The molecule has 14 rings (SSSR count). The minimum atomic E-state index is -0.138. The lowest BCUT2D eigenvalue weighted by molar-refractivity contribution is 0.593. The molecule has 0 fully saturated rings. The van der Waals surface area contributed by atoms with Crippen LogP contribution in [-0.2, 0) is 5.41 Å². The van der Waals surface area contributed by atoms with Crippen LogP contribution >= 0.6 is 11.3 Å². The molecule has 5 nitrogen and oxygen atoms in total. The Balaban J connectivity index is 1.10. The third kappa shape index (κ3) is 6.60. The smallest absolute Gasteiger partial charge is 0.220 e. The Morgan fingerprint density at radius 3 is 1.51 bits per heavy atom. The zero-order chi connectivity index (χ0) is 48.1. The fraction of sp³-hybridized carbons (Fsp3) is 0.0606. The van der Waals surface area contributed by atoms with Crippen LogP contribution in [0.4, 0.5) is 0 Å². The van der Waals surface area contributed by atoms with Gasteiger partial charge in [0.15, 0.2) is 4.96 Å². The van der Waals surface area contributed by atoms with E-state index in [1.165, 1.54) is 43.6 Å². The Kier molecular flexibility index (Phi) is 9.57. The predicted octanol–water partition coefficient (Wildman–Crippen LogP) is 17.7. The summed E-state index contributed by atoms with van der Waals surface area (Å²) in [6, 6.07) is 84.0. The standard InChI is InChI=1S/C66H47N5S/c1-66(2,3)51-37-38-58-63(72-65-68-53-32-14-16-34-55(53)71(58)65)61(51)46-28-19-27-45(39-46)60-50(43-23-9-5-10-24-43)41-49(42-21-7-4-8-22-42)59(44-25-11-6-12-26-44)62(60)47-29-20-30-48(40-47)69-56-35-17-18-36-57(56)70-54-33-15-13-31-52(54)67-64(69)70/h4-41H,1-3H3. The van der Waals surface area contributed by atoms with Crippen molar-refractivity contribution in [3.63, 3.8) is 0 Å². The van der Waals surface area contributed by atoms with Gasteiger partial charge in [0, 0.05) is 11.3 Å². The molecule has 10 aromatic carbocycles. The van der Waals surface area contributed by atoms with Crippen molar-refractivity contribution in [3.05, 3.63) is 236 Å². The second-order valence-corrected chi connectivity index (χ2v) is 20.8. The SMILES string of the molecule is CC(C)(C)c1ccc2c(sc3nc4ccccc4n32)c1-c1cccc(-c2c(-c3ccccc3)cc(-c3ccccc3)c(-c3ccccc3)c2-c2cccc(-n3c4ccccc4n4c5ccccc5nc34)c2)c1. The Morgan fingerprint density at radius 2 is 0.861 bits per heavy atom. The van der Waals surface area contributed by atoms with E-state index in [4.69, 9.17) is 9.97 Å². The average Bonchev–Trinajstić information content (AvgIpc) is 4.18. The van der Waals surface area contributed by atoms with Crippen LogP contribution in [0.3, 0.4) is 0 Å². The Morgan fingerprint density at radius 1 is 0.361 bits per heavy atom. The first kappa shape index (κ1) is 42.1. The van der Waals surface area contributed by atoms with Gasteiger partial charge in [0.25, 0.3) is 0 Å². The lowest BCUT2D eigenvalue weighted by atomic mass is 9.78. The van der Waals surface area contributed by atoms with Crippen LogP contribution in [0.15, 0.2) is 231 Å². The summed E-state index contributed by atoms with van der Waals surface area (Å²) in [5, 5.41) is 0. The van der Waals surface area contributed by atoms with Crippen molar-refractivity contribution in [1.29, 1.82) is 0 Å². The normalized spacial score (nSPS) is 12.1. The molecule has 0 aliphatic heterocycles. The molecule has 0 saturated heterocycles. The largest absolute Gasteiger partial charge is 0.283 e. The number of hydrogen-bond acceptors (Lipinski definition) is 3. The fourth-order valence-corrected chi connectivity index (χ4v) is 12.5. The summed E-state index contributed by atoms with van der Waals surface area (Å²) >= 11 is 1.79. The molecular weight excluding hydrogens is 895 g/mol. The molecule has 0 bridgehead atoms. The van der Waals surface area contributed by atoms with Gasteiger partial charge >= 0.3 is 0 Å². The number of nitrogens with zero attached hydrogens (tertiary/aromatic N) is 5. The minimum absolute atomic E-state index is 0.138. The second kappa shape index (κ2) is 16.4. The van der Waals surface area contributed by atoms with Crippen LogP contribution in [0.5, 0.6) is 0 Å². The van der Waals surface area contributed by atoms with Gasteiger partial charge in [0.05, 0.1) is 43.3 Å². The van der Waals surface area contributed by atoms with E-state index < -0.39 is 0 Å². The fourth-order valence-electron chi connectivity index (χ4n) is 11.3. The van der Waals surface area contributed by atoms with Gasteiger partial charge in [-0.3, -0.25) is 13.4 Å². The second-order valence-electron chi connectivity index (χ2n) is 19.8. The highest BCUT2D eigenvalue weighted by atomic mass is 32.1. The van der Waals surface area contributed by atoms with E-state index in [-0.39, 0.29) is 5.41 Å². The molecular formula is C66H47N5S. The molecule has 0 spiro atoms. The Bertz CT molecular complexity index is 4410. The molecule has 4 heterocycles. The van der Waals surface area contributed by atoms with Gasteiger partial charge < -0.3 is 0 Å². The van der Waals surface area contributed by atoms with Crippen molar-refractivity contribution in [3.8, 4) is 72.4 Å². The van der Waals surface area contributed by atoms with Gasteiger partial charge in [-0.1, -0.05) is 196 Å². The molecule has 0 aliphatic rings. The van der Waals surface area contributed by atoms with E-state index in [1.54, 1.807) is 11.3 Å². The molecule has 14 aromatic rings. The average molecular weight is 942 g/mol. The topological polar surface area (TPSA) is 39.5 Å². The van der Waals surface area contributed by atoms with Gasteiger partial charge in [-0.25, -0.2) is 9.97 Å². The van der Waals surface area contributed by atoms with Crippen molar-refractivity contribution >= 4 is 65.4 Å². The predicted molar refractivity (Wildman–Crippen MR) is 302 cm³/mol. The van der Waals surface area contributed by atoms with Crippen molar-refractivity contribution in [1.82, 2.24) is 23.3 Å². The van der Waals surface area contributed by atoms with Gasteiger partial charge in [-0.15, -0.1) is 0 Å². The molecule has 342 valence electrons. The highest BCUT2D eigenvalue weighted by Crippen LogP contribution is 2.52. The summed E-state index contributed by atoms with van der Waals surface area (Å²) in [4.78, 5) is 11.5. The third-order valence-electron chi connectivity index (χ3n) is 14.4. The third-order valence-corrected chi connectivity index (χ3v) is 15.5. The maximum atomic E-state index is 5.30. The Hall–Kier alpha value is -8.84. The van der Waals surface area contributed by atoms with Crippen LogP contribution < -0.4 is 0 Å². The zero-order valence-electron chi connectivity index (χ0n) is 40.1. The molecule has 72 heavy (non-hydrogen) atoms. The van der Waals surface area contributed by atoms with Crippen LogP contribution in [-0.4, -0.2) is 23.3 Å². The van der Waals surface area contributed by atoms with Gasteiger partial charge in [-0.05, 0) is 139 Å². The highest BCUT2D eigenvalue weighted by molar-refractivity contribution is 7.24. The zero-order valence-corrected chi connectivity index (χ0v) is 40.9. The molecule has 0 saturated carbocycles. The summed E-state index contributed by atoms with van der Waals surface area (Å²) in [7, 11) is 0. The van der Waals surface area contributed by atoms with Gasteiger partial charge in [0.2, 0.25) is 5.78 Å².